The van der Waals surface area contributed by atoms with Crippen LogP contribution in [-0.4, -0.2) is 33.5 Å². The molecule has 5 rings (SSSR count). The Morgan fingerprint density at radius 2 is 1.94 bits per heavy atom. The maximum atomic E-state index is 12.7. The molecule has 1 saturated carbocycles. The smallest absolute Gasteiger partial charge is 0.325 e. The van der Waals surface area contributed by atoms with Gasteiger partial charge in [-0.1, -0.05) is 18.0 Å². The summed E-state index contributed by atoms with van der Waals surface area (Å²) in [6.45, 7) is 5.68. The van der Waals surface area contributed by atoms with Gasteiger partial charge in [0.25, 0.3) is 5.91 Å². The Bertz CT molecular complexity index is 1280. The molecule has 2 fully saturated rings. The number of aromatic nitrogens is 1. The van der Waals surface area contributed by atoms with Gasteiger partial charge in [0.15, 0.2) is 0 Å². The third-order valence-electron chi connectivity index (χ3n) is 6.59. The van der Waals surface area contributed by atoms with Crippen LogP contribution in [0.15, 0.2) is 30.5 Å². The number of benzene rings is 1. The van der Waals surface area contributed by atoms with Crippen molar-refractivity contribution < 1.29 is 14.3 Å². The van der Waals surface area contributed by atoms with E-state index >= 15 is 0 Å². The van der Waals surface area contributed by atoms with Crippen molar-refractivity contribution in [3.05, 3.63) is 45.9 Å². The highest BCUT2D eigenvalue weighted by Gasteiger charge is 2.44. The van der Waals surface area contributed by atoms with Crippen molar-refractivity contribution in [1.29, 1.82) is 0 Å². The van der Waals surface area contributed by atoms with E-state index < -0.39 is 5.54 Å². The number of thiophene rings is 1. The number of hydrogen-bond donors (Lipinski definition) is 1. The van der Waals surface area contributed by atoms with E-state index in [1.54, 1.807) is 31.4 Å². The van der Waals surface area contributed by atoms with E-state index in [-0.39, 0.29) is 24.6 Å². The summed E-state index contributed by atoms with van der Waals surface area (Å²) in [5, 5.41) is 3.40. The Labute approximate surface area is 208 Å². The quantitative estimate of drug-likeness (QED) is 0.410. The van der Waals surface area contributed by atoms with Crippen LogP contribution in [-0.2, 0) is 11.3 Å². The second kappa shape index (κ2) is 8.86. The molecule has 3 aromatic rings. The highest BCUT2D eigenvalue weighted by Crippen LogP contribution is 2.42. The van der Waals surface area contributed by atoms with Crippen LogP contribution in [0.4, 0.5) is 4.79 Å². The predicted molar refractivity (Wildman–Crippen MR) is 135 cm³/mol. The third-order valence-corrected chi connectivity index (χ3v) is 7.95. The number of urea groups is 1. The van der Waals surface area contributed by atoms with Crippen LogP contribution >= 0.6 is 22.9 Å². The number of fused-ring (bicyclic) bond motifs is 1. The van der Waals surface area contributed by atoms with Gasteiger partial charge in [-0.2, -0.15) is 0 Å². The number of nitrogens with zero attached hydrogens (tertiary/aromatic N) is 2. The van der Waals surface area contributed by atoms with Gasteiger partial charge in [-0.3, -0.25) is 14.7 Å². The number of ether oxygens (including phenoxy) is 1. The summed E-state index contributed by atoms with van der Waals surface area (Å²) in [7, 11) is 0. The van der Waals surface area contributed by atoms with Gasteiger partial charge in [0.05, 0.1) is 22.9 Å². The Hall–Kier alpha value is -2.64. The number of nitrogens with one attached hydrogen (secondary N) is 1. The molecule has 3 heterocycles. The number of amides is 3. The van der Waals surface area contributed by atoms with Gasteiger partial charge in [0.2, 0.25) is 0 Å². The third kappa shape index (κ3) is 4.27. The summed E-state index contributed by atoms with van der Waals surface area (Å²) in [6.07, 6.45) is 7.79. The first kappa shape index (κ1) is 23.1. The van der Waals surface area contributed by atoms with Gasteiger partial charge in [-0.25, -0.2) is 4.79 Å². The largest absolute Gasteiger partial charge is 0.490 e. The highest BCUT2D eigenvalue weighted by atomic mass is 35.5. The van der Waals surface area contributed by atoms with E-state index in [1.807, 2.05) is 31.2 Å². The molecule has 8 heteroatoms. The highest BCUT2D eigenvalue weighted by molar-refractivity contribution is 7.19. The van der Waals surface area contributed by atoms with Gasteiger partial charge in [0.1, 0.15) is 11.3 Å². The molecule has 3 amide bonds. The summed E-state index contributed by atoms with van der Waals surface area (Å²) in [4.78, 5) is 31.7. The zero-order chi connectivity index (χ0) is 24.0. The lowest BCUT2D eigenvalue weighted by molar-refractivity contribution is -0.130. The molecule has 1 N–H and O–H groups in total. The molecule has 1 saturated heterocycles. The Morgan fingerprint density at radius 3 is 2.65 bits per heavy atom. The van der Waals surface area contributed by atoms with Crippen LogP contribution in [0.2, 0.25) is 5.02 Å². The fourth-order valence-corrected chi connectivity index (χ4v) is 6.23. The van der Waals surface area contributed by atoms with Gasteiger partial charge >= 0.3 is 6.03 Å². The van der Waals surface area contributed by atoms with Crippen molar-refractivity contribution in [3.8, 4) is 16.9 Å². The molecular weight excluding hydrogens is 470 g/mol. The molecule has 1 aliphatic carbocycles. The zero-order valence-corrected chi connectivity index (χ0v) is 21.2. The number of carbonyl (C=O) groups is 2. The average Bonchev–Trinajstić information content (AvgIpc) is 3.29. The van der Waals surface area contributed by atoms with Crippen molar-refractivity contribution >= 4 is 45.1 Å². The molecule has 2 aromatic heterocycles. The van der Waals surface area contributed by atoms with E-state index in [1.165, 1.54) is 24.2 Å². The molecular formula is C26H28ClN3O3S. The first-order valence-electron chi connectivity index (χ1n) is 11.7. The normalized spacial score (nSPS) is 18.5. The van der Waals surface area contributed by atoms with E-state index in [0.29, 0.717) is 5.02 Å². The summed E-state index contributed by atoms with van der Waals surface area (Å²) in [5.41, 5.74) is 2.89. The number of carbonyl (C=O) groups excluding carboxylic acids is 2. The standard InChI is InChI=1S/C26H28ClN3O3S/c1-15-11-16(27)12-20(22(15)33-17-7-5-4-6-8-17)19-9-10-28-21-13-18(34-23(19)21)14-30-24(31)26(2,3)29-25(30)32/h9-13,17H,4-8,14H2,1-3H3,(H,29,32). The van der Waals surface area contributed by atoms with Gasteiger partial charge in [-0.05, 0) is 76.3 Å². The molecule has 34 heavy (non-hydrogen) atoms. The van der Waals surface area contributed by atoms with Crippen molar-refractivity contribution in [2.24, 2.45) is 0 Å². The van der Waals surface area contributed by atoms with Crippen LogP contribution in [0.1, 0.15) is 56.4 Å². The van der Waals surface area contributed by atoms with Crippen molar-refractivity contribution in [1.82, 2.24) is 15.2 Å². The van der Waals surface area contributed by atoms with E-state index in [4.69, 9.17) is 16.3 Å². The summed E-state index contributed by atoms with van der Waals surface area (Å²) in [5.74, 6) is 0.645. The lowest BCUT2D eigenvalue weighted by atomic mass is 9.97. The predicted octanol–water partition coefficient (Wildman–Crippen LogP) is 6.47. The maximum Gasteiger partial charge on any atom is 0.325 e. The zero-order valence-electron chi connectivity index (χ0n) is 19.6. The van der Waals surface area contributed by atoms with E-state index in [0.717, 1.165) is 50.4 Å². The number of rotatable bonds is 5. The fourth-order valence-electron chi connectivity index (χ4n) is 4.83. The molecule has 178 valence electrons. The Balaban J connectivity index is 1.53. The molecule has 0 atom stereocenters. The van der Waals surface area contributed by atoms with E-state index in [2.05, 4.69) is 10.3 Å². The SMILES string of the molecule is Cc1cc(Cl)cc(-c2ccnc3cc(CN4C(=O)NC(C)(C)C4=O)sc23)c1OC1CCCCC1. The van der Waals surface area contributed by atoms with Crippen LogP contribution in [0, 0.1) is 6.92 Å². The Morgan fingerprint density at radius 1 is 1.18 bits per heavy atom. The lowest BCUT2D eigenvalue weighted by Gasteiger charge is -2.25. The molecule has 6 nitrogen and oxygen atoms in total. The minimum absolute atomic E-state index is 0.214. The van der Waals surface area contributed by atoms with Crippen LogP contribution in [0.25, 0.3) is 21.3 Å². The van der Waals surface area contributed by atoms with Crippen molar-refractivity contribution in [3.63, 3.8) is 0 Å². The minimum Gasteiger partial charge on any atom is -0.490 e. The number of imide groups is 1. The summed E-state index contributed by atoms with van der Waals surface area (Å²) in [6, 6.07) is 7.48. The Kier molecular flexibility index (Phi) is 6.02. The van der Waals surface area contributed by atoms with Crippen LogP contribution in [0.3, 0.4) is 0 Å². The summed E-state index contributed by atoms with van der Waals surface area (Å²) >= 11 is 8.03. The molecule has 0 bridgehead atoms. The first-order chi connectivity index (χ1) is 16.2. The molecule has 1 aromatic carbocycles. The second-order valence-corrected chi connectivity index (χ2v) is 11.3. The second-order valence-electron chi connectivity index (χ2n) is 9.71. The molecule has 0 spiro atoms. The average molecular weight is 498 g/mol. The first-order valence-corrected chi connectivity index (χ1v) is 12.9. The van der Waals surface area contributed by atoms with Crippen LogP contribution in [0.5, 0.6) is 5.75 Å². The van der Waals surface area contributed by atoms with E-state index in [9.17, 15) is 9.59 Å². The van der Waals surface area contributed by atoms with Crippen LogP contribution < -0.4 is 10.1 Å². The fraction of sp³-hybridized carbons (Fsp3) is 0.423. The topological polar surface area (TPSA) is 71.5 Å². The lowest BCUT2D eigenvalue weighted by Crippen LogP contribution is -2.40. The molecule has 0 radical (unpaired) electrons. The van der Waals surface area contributed by atoms with Gasteiger partial charge < -0.3 is 10.1 Å². The summed E-state index contributed by atoms with van der Waals surface area (Å²) < 4.78 is 7.55. The minimum atomic E-state index is -0.888. The number of hydrogen-bond acceptors (Lipinski definition) is 5. The monoisotopic (exact) mass is 497 g/mol. The van der Waals surface area contributed by atoms with Crippen molar-refractivity contribution in [2.45, 2.75) is 71.1 Å². The maximum absolute atomic E-state index is 12.7. The number of halogens is 1. The molecule has 2 aliphatic rings. The van der Waals surface area contributed by atoms with Gasteiger partial charge in [0, 0.05) is 27.2 Å². The van der Waals surface area contributed by atoms with Crippen molar-refractivity contribution in [2.75, 3.05) is 0 Å². The number of aryl methyl sites for hydroxylation is 1. The van der Waals surface area contributed by atoms with Gasteiger partial charge in [-0.15, -0.1) is 11.3 Å². The molecule has 0 unspecified atom stereocenters. The molecule has 1 aliphatic heterocycles. The number of pyridine rings is 1.